The van der Waals surface area contributed by atoms with Crippen LogP contribution in [0.3, 0.4) is 0 Å². The van der Waals surface area contributed by atoms with E-state index < -0.39 is 6.10 Å². The van der Waals surface area contributed by atoms with Crippen molar-refractivity contribution in [2.75, 3.05) is 4.90 Å². The van der Waals surface area contributed by atoms with Crippen LogP contribution in [0, 0.1) is 0 Å². The molecule has 5 aromatic rings. The lowest BCUT2D eigenvalue weighted by Gasteiger charge is -2.25. The number of rotatable bonds is 6. The Kier molecular flexibility index (Phi) is 5.91. The highest BCUT2D eigenvalue weighted by atomic mass is 16.3. The number of aliphatic hydroxyl groups excluding tert-OH is 1. The van der Waals surface area contributed by atoms with Crippen LogP contribution < -0.4 is 4.90 Å². The average Bonchev–Trinajstić information content (AvgIpc) is 2.90. The van der Waals surface area contributed by atoms with Gasteiger partial charge in [0, 0.05) is 16.9 Å². The Balaban J connectivity index is 1.52. The number of hydrogen-bond donors (Lipinski definition) is 1. The summed E-state index contributed by atoms with van der Waals surface area (Å²) in [4.78, 5) is 11.6. The first kappa shape index (κ1) is 20.6. The molecule has 4 heteroatoms. The fourth-order valence-electron chi connectivity index (χ4n) is 3.81. The van der Waals surface area contributed by atoms with Crippen LogP contribution in [-0.2, 0) is 0 Å². The van der Waals surface area contributed by atoms with Crippen LogP contribution in [0.5, 0.6) is 0 Å². The van der Waals surface area contributed by atoms with E-state index in [0.717, 1.165) is 28.5 Å². The van der Waals surface area contributed by atoms with E-state index >= 15 is 0 Å². The lowest BCUT2D eigenvalue weighted by molar-refractivity contribution is 0.210. The van der Waals surface area contributed by atoms with Crippen molar-refractivity contribution < 1.29 is 5.11 Å². The molecule has 2 heterocycles. The van der Waals surface area contributed by atoms with Crippen LogP contribution in [0.25, 0.3) is 11.3 Å². The molecule has 0 aliphatic carbocycles. The minimum Gasteiger partial charge on any atom is -0.380 e. The molecule has 0 spiro atoms. The Morgan fingerprint density at radius 2 is 1.03 bits per heavy atom. The van der Waals surface area contributed by atoms with Crippen LogP contribution in [0.1, 0.15) is 17.5 Å². The minimum absolute atomic E-state index is 0.544. The Bertz CT molecular complexity index is 1290. The smallest absolute Gasteiger partial charge is 0.138 e. The maximum atomic E-state index is 11.2. The number of nitrogens with zero attached hydrogens (tertiary/aromatic N) is 3. The van der Waals surface area contributed by atoms with Crippen LogP contribution in [-0.4, -0.2) is 15.1 Å². The summed E-state index contributed by atoms with van der Waals surface area (Å²) in [5.41, 5.74) is 4.92. The maximum absolute atomic E-state index is 11.2. The molecular weight excluding hydrogens is 406 g/mol. The van der Waals surface area contributed by atoms with Crippen LogP contribution in [0.15, 0.2) is 127 Å². The number of para-hydroxylation sites is 2. The van der Waals surface area contributed by atoms with E-state index in [-0.39, 0.29) is 0 Å². The van der Waals surface area contributed by atoms with Crippen molar-refractivity contribution in [1.29, 1.82) is 0 Å². The summed E-state index contributed by atoms with van der Waals surface area (Å²) in [7, 11) is 0. The zero-order valence-corrected chi connectivity index (χ0v) is 18.0. The van der Waals surface area contributed by atoms with Gasteiger partial charge in [-0.25, -0.2) is 9.97 Å². The third-order valence-electron chi connectivity index (χ3n) is 5.41. The monoisotopic (exact) mass is 429 g/mol. The van der Waals surface area contributed by atoms with Gasteiger partial charge in [-0.2, -0.15) is 0 Å². The summed E-state index contributed by atoms with van der Waals surface area (Å²) in [5, 5.41) is 11.2. The number of aliphatic hydroxyl groups is 1. The van der Waals surface area contributed by atoms with Gasteiger partial charge in [0.05, 0.1) is 17.1 Å². The zero-order chi connectivity index (χ0) is 22.5. The molecule has 1 atom stereocenters. The molecule has 33 heavy (non-hydrogen) atoms. The maximum Gasteiger partial charge on any atom is 0.138 e. The standard InChI is InChI=1S/C29H23N3O/c33-29(26-19-10-18-25(30-26)22-12-4-1-5-13-22)27-20-11-21-28(31-27)32(23-14-6-2-7-15-23)24-16-8-3-9-17-24/h1-21,29,33H. The van der Waals surface area contributed by atoms with E-state index in [9.17, 15) is 5.11 Å². The van der Waals surface area contributed by atoms with E-state index in [2.05, 4.69) is 4.90 Å². The van der Waals surface area contributed by atoms with Gasteiger partial charge >= 0.3 is 0 Å². The molecule has 0 saturated carbocycles. The Labute approximate surface area is 193 Å². The molecular formula is C29H23N3O. The van der Waals surface area contributed by atoms with E-state index in [0.29, 0.717) is 11.4 Å². The van der Waals surface area contributed by atoms with Gasteiger partial charge in [-0.3, -0.25) is 4.90 Å². The molecule has 0 aliphatic rings. The first-order valence-corrected chi connectivity index (χ1v) is 10.9. The zero-order valence-electron chi connectivity index (χ0n) is 18.0. The summed E-state index contributed by atoms with van der Waals surface area (Å²) >= 11 is 0. The van der Waals surface area contributed by atoms with E-state index in [4.69, 9.17) is 9.97 Å². The first-order valence-electron chi connectivity index (χ1n) is 10.9. The van der Waals surface area contributed by atoms with Gasteiger partial charge in [0.1, 0.15) is 11.9 Å². The molecule has 5 rings (SSSR count). The van der Waals surface area contributed by atoms with Gasteiger partial charge in [-0.15, -0.1) is 0 Å². The molecule has 0 fully saturated rings. The molecule has 160 valence electrons. The number of benzene rings is 3. The summed E-state index contributed by atoms with van der Waals surface area (Å²) < 4.78 is 0. The number of pyridine rings is 2. The van der Waals surface area contributed by atoms with Gasteiger partial charge in [0.2, 0.25) is 0 Å². The normalized spacial score (nSPS) is 11.7. The van der Waals surface area contributed by atoms with Crippen molar-refractivity contribution in [3.63, 3.8) is 0 Å². The lowest BCUT2D eigenvalue weighted by Crippen LogP contribution is -2.13. The largest absolute Gasteiger partial charge is 0.380 e. The summed E-state index contributed by atoms with van der Waals surface area (Å²) in [6.07, 6.45) is -0.943. The van der Waals surface area contributed by atoms with Crippen molar-refractivity contribution in [3.05, 3.63) is 139 Å². The second-order valence-corrected chi connectivity index (χ2v) is 7.64. The Hall–Kier alpha value is -4.28. The molecule has 0 aliphatic heterocycles. The third-order valence-corrected chi connectivity index (χ3v) is 5.41. The molecule has 0 saturated heterocycles. The molecule has 0 bridgehead atoms. The highest BCUT2D eigenvalue weighted by Crippen LogP contribution is 2.34. The topological polar surface area (TPSA) is 49.3 Å². The summed E-state index contributed by atoms with van der Waals surface area (Å²) in [6, 6.07) is 41.5. The van der Waals surface area contributed by atoms with Gasteiger partial charge in [-0.1, -0.05) is 78.9 Å². The van der Waals surface area contributed by atoms with Gasteiger partial charge in [0.15, 0.2) is 0 Å². The van der Waals surface area contributed by atoms with Crippen LogP contribution >= 0.6 is 0 Å². The van der Waals surface area contributed by atoms with E-state index in [1.165, 1.54) is 0 Å². The van der Waals surface area contributed by atoms with Gasteiger partial charge < -0.3 is 5.11 Å². The molecule has 0 amide bonds. The number of anilines is 3. The van der Waals surface area contributed by atoms with Crippen molar-refractivity contribution in [3.8, 4) is 11.3 Å². The predicted molar refractivity (Wildman–Crippen MR) is 133 cm³/mol. The minimum atomic E-state index is -0.943. The molecule has 1 unspecified atom stereocenters. The predicted octanol–water partition coefficient (Wildman–Crippen LogP) is 6.70. The van der Waals surface area contributed by atoms with Crippen LogP contribution in [0.4, 0.5) is 17.2 Å². The molecule has 3 aromatic carbocycles. The lowest BCUT2D eigenvalue weighted by atomic mass is 10.1. The summed E-state index contributed by atoms with van der Waals surface area (Å²) in [6.45, 7) is 0. The molecule has 0 radical (unpaired) electrons. The van der Waals surface area contributed by atoms with Crippen molar-refractivity contribution in [2.24, 2.45) is 0 Å². The van der Waals surface area contributed by atoms with E-state index in [1.807, 2.05) is 127 Å². The van der Waals surface area contributed by atoms with Crippen molar-refractivity contribution in [2.45, 2.75) is 6.10 Å². The van der Waals surface area contributed by atoms with Crippen molar-refractivity contribution >= 4 is 17.2 Å². The highest BCUT2D eigenvalue weighted by molar-refractivity contribution is 5.74. The second kappa shape index (κ2) is 9.47. The second-order valence-electron chi connectivity index (χ2n) is 7.64. The van der Waals surface area contributed by atoms with Gasteiger partial charge in [-0.05, 0) is 48.5 Å². The van der Waals surface area contributed by atoms with Crippen LogP contribution in [0.2, 0.25) is 0 Å². The molecule has 2 aromatic heterocycles. The fourth-order valence-corrected chi connectivity index (χ4v) is 3.81. The fraction of sp³-hybridized carbons (Fsp3) is 0.0345. The molecule has 4 nitrogen and oxygen atoms in total. The number of hydrogen-bond acceptors (Lipinski definition) is 4. The first-order chi connectivity index (χ1) is 16.3. The SMILES string of the molecule is OC(c1cccc(-c2ccccc2)n1)c1cccc(N(c2ccccc2)c2ccccc2)n1. The average molecular weight is 430 g/mol. The van der Waals surface area contributed by atoms with Gasteiger partial charge in [0.25, 0.3) is 0 Å². The molecule has 1 N–H and O–H groups in total. The third kappa shape index (κ3) is 4.52. The Morgan fingerprint density at radius 3 is 1.64 bits per heavy atom. The Morgan fingerprint density at radius 1 is 0.515 bits per heavy atom. The quantitative estimate of drug-likeness (QED) is 0.326. The van der Waals surface area contributed by atoms with Crippen molar-refractivity contribution in [1.82, 2.24) is 9.97 Å². The number of aromatic nitrogens is 2. The van der Waals surface area contributed by atoms with E-state index in [1.54, 1.807) is 0 Å². The highest BCUT2D eigenvalue weighted by Gasteiger charge is 2.18. The summed E-state index contributed by atoms with van der Waals surface area (Å²) in [5.74, 6) is 0.725.